The molecule has 1 amide bonds. The van der Waals surface area contributed by atoms with E-state index in [-0.39, 0.29) is 0 Å². The Balaban J connectivity index is 1.99. The lowest BCUT2D eigenvalue weighted by atomic mass is 10.2. The van der Waals surface area contributed by atoms with E-state index in [9.17, 15) is 9.59 Å². The Labute approximate surface area is 137 Å². The van der Waals surface area contributed by atoms with Crippen molar-refractivity contribution < 1.29 is 14.3 Å². The lowest BCUT2D eigenvalue weighted by molar-refractivity contribution is 0.0636. The van der Waals surface area contributed by atoms with Gasteiger partial charge in [-0.25, -0.2) is 9.78 Å². The monoisotopic (exact) mass is 336 g/mol. The summed E-state index contributed by atoms with van der Waals surface area (Å²) in [6.07, 6.45) is 1.96. The van der Waals surface area contributed by atoms with Crippen molar-refractivity contribution in [2.75, 3.05) is 5.32 Å². The van der Waals surface area contributed by atoms with Crippen LogP contribution in [-0.2, 0) is 4.74 Å². The number of ether oxygens (including phenoxy) is 1. The fraction of sp³-hybridized carbons (Fsp3) is 0.267. The summed E-state index contributed by atoms with van der Waals surface area (Å²) in [4.78, 5) is 27.5. The molecule has 0 unspecified atom stereocenters. The molecule has 0 saturated carbocycles. The molecular formula is C15H16N2O3S2. The first kappa shape index (κ1) is 16.5. The van der Waals surface area contributed by atoms with Gasteiger partial charge in [-0.05, 0) is 32.9 Å². The smallest absolute Gasteiger partial charge is 0.413 e. The Kier molecular flexibility index (Phi) is 5.20. The average Bonchev–Trinajstić information content (AvgIpc) is 2.83. The SMILES string of the molecule is CC(C)(C)OC(=O)Nc1ncc(Sc2cccc(C=O)c2)s1. The molecule has 1 N–H and O–H groups in total. The van der Waals surface area contributed by atoms with Gasteiger partial charge in [-0.15, -0.1) is 0 Å². The first-order valence-electron chi connectivity index (χ1n) is 6.55. The molecule has 0 bridgehead atoms. The van der Waals surface area contributed by atoms with Gasteiger partial charge in [0.2, 0.25) is 0 Å². The maximum Gasteiger partial charge on any atom is 0.413 e. The molecule has 2 rings (SSSR count). The van der Waals surface area contributed by atoms with Crippen LogP contribution in [0.2, 0.25) is 0 Å². The van der Waals surface area contributed by atoms with Gasteiger partial charge in [0.15, 0.2) is 5.13 Å². The lowest BCUT2D eigenvalue weighted by Gasteiger charge is -2.18. The first-order chi connectivity index (χ1) is 10.4. The number of amides is 1. The number of rotatable bonds is 4. The van der Waals surface area contributed by atoms with E-state index in [0.717, 1.165) is 15.4 Å². The van der Waals surface area contributed by atoms with Crippen LogP contribution in [0.1, 0.15) is 31.1 Å². The molecule has 2 aromatic rings. The van der Waals surface area contributed by atoms with Gasteiger partial charge in [0.1, 0.15) is 11.9 Å². The summed E-state index contributed by atoms with van der Waals surface area (Å²) < 4.78 is 6.08. The minimum Gasteiger partial charge on any atom is -0.444 e. The normalized spacial score (nSPS) is 11.0. The van der Waals surface area contributed by atoms with Crippen molar-refractivity contribution in [2.45, 2.75) is 35.5 Å². The van der Waals surface area contributed by atoms with Gasteiger partial charge in [0.05, 0.1) is 10.4 Å². The van der Waals surface area contributed by atoms with Crippen LogP contribution >= 0.6 is 23.1 Å². The van der Waals surface area contributed by atoms with Gasteiger partial charge in [0, 0.05) is 10.5 Å². The van der Waals surface area contributed by atoms with Crippen molar-refractivity contribution in [2.24, 2.45) is 0 Å². The standard InChI is InChI=1S/C15H16N2O3S2/c1-15(2,3)20-14(19)17-13-16-8-12(22-13)21-11-6-4-5-10(7-11)9-18/h4-9H,1-3H3,(H,16,17,19). The molecule has 1 heterocycles. The molecule has 5 nitrogen and oxygen atoms in total. The van der Waals surface area contributed by atoms with E-state index in [4.69, 9.17) is 4.74 Å². The van der Waals surface area contributed by atoms with Crippen LogP contribution in [0.3, 0.4) is 0 Å². The summed E-state index contributed by atoms with van der Waals surface area (Å²) in [6, 6.07) is 7.29. The second kappa shape index (κ2) is 6.93. The highest BCUT2D eigenvalue weighted by atomic mass is 32.2. The summed E-state index contributed by atoms with van der Waals surface area (Å²) in [7, 11) is 0. The van der Waals surface area contributed by atoms with Crippen LogP contribution in [0.15, 0.2) is 39.6 Å². The molecule has 0 aliphatic heterocycles. The third-order valence-corrected chi connectivity index (χ3v) is 4.31. The number of hydrogen-bond donors (Lipinski definition) is 1. The predicted molar refractivity (Wildman–Crippen MR) is 87.9 cm³/mol. The molecule has 7 heteroatoms. The zero-order chi connectivity index (χ0) is 16.2. The molecule has 1 aromatic heterocycles. The fourth-order valence-electron chi connectivity index (χ4n) is 1.52. The van der Waals surface area contributed by atoms with Crippen LogP contribution < -0.4 is 5.32 Å². The number of thiazole rings is 1. The zero-order valence-corrected chi connectivity index (χ0v) is 14.1. The molecule has 0 aliphatic carbocycles. The van der Waals surface area contributed by atoms with Crippen LogP contribution in [0.4, 0.5) is 9.93 Å². The second-order valence-corrected chi connectivity index (χ2v) is 7.81. The highest BCUT2D eigenvalue weighted by Gasteiger charge is 2.17. The molecule has 0 radical (unpaired) electrons. The molecule has 0 spiro atoms. The van der Waals surface area contributed by atoms with E-state index in [2.05, 4.69) is 10.3 Å². The van der Waals surface area contributed by atoms with Crippen molar-refractivity contribution in [3.05, 3.63) is 36.0 Å². The van der Waals surface area contributed by atoms with Crippen molar-refractivity contribution in [1.29, 1.82) is 0 Å². The van der Waals surface area contributed by atoms with Crippen LogP contribution in [-0.4, -0.2) is 23.0 Å². The quantitative estimate of drug-likeness (QED) is 0.835. The van der Waals surface area contributed by atoms with Gasteiger partial charge in [-0.1, -0.05) is 35.2 Å². The Hall–Kier alpha value is -1.86. The number of hydrogen-bond acceptors (Lipinski definition) is 6. The van der Waals surface area contributed by atoms with Gasteiger partial charge >= 0.3 is 6.09 Å². The minimum absolute atomic E-state index is 0.475. The van der Waals surface area contributed by atoms with Crippen LogP contribution in [0, 0.1) is 0 Å². The number of nitrogens with one attached hydrogen (secondary N) is 1. The van der Waals surface area contributed by atoms with E-state index >= 15 is 0 Å². The van der Waals surface area contributed by atoms with E-state index in [1.165, 1.54) is 23.1 Å². The number of anilines is 1. The number of carbonyl (C=O) groups excluding carboxylic acids is 2. The maximum atomic E-state index is 11.7. The summed E-state index contributed by atoms with van der Waals surface area (Å²) in [5, 5.41) is 3.08. The highest BCUT2D eigenvalue weighted by molar-refractivity contribution is 8.01. The molecule has 0 saturated heterocycles. The Morgan fingerprint density at radius 3 is 2.86 bits per heavy atom. The van der Waals surface area contributed by atoms with E-state index in [1.807, 2.05) is 12.1 Å². The summed E-state index contributed by atoms with van der Waals surface area (Å²) in [5.74, 6) is 0. The Morgan fingerprint density at radius 1 is 1.41 bits per heavy atom. The second-order valence-electron chi connectivity index (χ2n) is 5.40. The van der Waals surface area contributed by atoms with Crippen molar-refractivity contribution in [1.82, 2.24) is 4.98 Å². The zero-order valence-electron chi connectivity index (χ0n) is 12.5. The fourth-order valence-corrected chi connectivity index (χ4v) is 3.43. The number of benzene rings is 1. The van der Waals surface area contributed by atoms with Crippen molar-refractivity contribution >= 4 is 40.6 Å². The predicted octanol–water partition coefficient (Wildman–Crippen LogP) is 4.45. The Morgan fingerprint density at radius 2 is 2.18 bits per heavy atom. The van der Waals surface area contributed by atoms with E-state index in [0.29, 0.717) is 10.7 Å². The molecule has 22 heavy (non-hydrogen) atoms. The number of aromatic nitrogens is 1. The number of nitrogens with zero attached hydrogens (tertiary/aromatic N) is 1. The molecule has 0 fully saturated rings. The molecular weight excluding hydrogens is 320 g/mol. The van der Waals surface area contributed by atoms with Crippen LogP contribution in [0.5, 0.6) is 0 Å². The van der Waals surface area contributed by atoms with Crippen molar-refractivity contribution in [3.63, 3.8) is 0 Å². The average molecular weight is 336 g/mol. The number of aldehydes is 1. The van der Waals surface area contributed by atoms with Crippen LogP contribution in [0.25, 0.3) is 0 Å². The van der Waals surface area contributed by atoms with E-state index in [1.54, 1.807) is 39.1 Å². The van der Waals surface area contributed by atoms with Gasteiger partial charge < -0.3 is 4.74 Å². The third kappa shape index (κ3) is 5.16. The number of carbonyl (C=O) groups is 2. The summed E-state index contributed by atoms with van der Waals surface area (Å²) in [6.45, 7) is 5.40. The lowest BCUT2D eigenvalue weighted by Crippen LogP contribution is -2.27. The summed E-state index contributed by atoms with van der Waals surface area (Å²) >= 11 is 2.83. The maximum absolute atomic E-state index is 11.7. The molecule has 116 valence electrons. The van der Waals surface area contributed by atoms with Gasteiger partial charge in [-0.2, -0.15) is 0 Å². The van der Waals surface area contributed by atoms with E-state index < -0.39 is 11.7 Å². The van der Waals surface area contributed by atoms with Gasteiger partial charge in [0.25, 0.3) is 0 Å². The topological polar surface area (TPSA) is 68.3 Å². The van der Waals surface area contributed by atoms with Gasteiger partial charge in [-0.3, -0.25) is 10.1 Å². The molecule has 1 aromatic carbocycles. The highest BCUT2D eigenvalue weighted by Crippen LogP contribution is 2.34. The third-order valence-electron chi connectivity index (χ3n) is 2.30. The first-order valence-corrected chi connectivity index (χ1v) is 8.18. The molecule has 0 aliphatic rings. The molecule has 0 atom stereocenters. The Bertz CT molecular complexity index is 677. The minimum atomic E-state index is -0.547. The summed E-state index contributed by atoms with van der Waals surface area (Å²) in [5.41, 5.74) is 0.0791. The largest absolute Gasteiger partial charge is 0.444 e. The van der Waals surface area contributed by atoms with Crippen molar-refractivity contribution in [3.8, 4) is 0 Å².